The molecule has 0 unspecified atom stereocenters. The summed E-state index contributed by atoms with van der Waals surface area (Å²) in [7, 11) is 0. The molecular formula is C36H49ClN4O7. The van der Waals surface area contributed by atoms with Gasteiger partial charge in [0.2, 0.25) is 11.8 Å². The molecule has 2 aliphatic heterocycles. The van der Waals surface area contributed by atoms with Crippen molar-refractivity contribution in [2.24, 2.45) is 5.92 Å². The van der Waals surface area contributed by atoms with Gasteiger partial charge in [-0.05, 0) is 80.0 Å². The van der Waals surface area contributed by atoms with Crippen LogP contribution in [0.1, 0.15) is 87.1 Å². The van der Waals surface area contributed by atoms with E-state index in [0.29, 0.717) is 56.1 Å². The van der Waals surface area contributed by atoms with E-state index in [1.165, 1.54) is 0 Å². The maximum Gasteiger partial charge on any atom is 0.322 e. The van der Waals surface area contributed by atoms with Crippen molar-refractivity contribution in [3.63, 3.8) is 0 Å². The van der Waals surface area contributed by atoms with Gasteiger partial charge in [0.25, 0.3) is 5.91 Å². The Morgan fingerprint density at radius 3 is 2.21 bits per heavy atom. The van der Waals surface area contributed by atoms with E-state index in [-0.39, 0.29) is 30.1 Å². The molecule has 2 aromatic rings. The van der Waals surface area contributed by atoms with E-state index in [0.717, 1.165) is 56.9 Å². The molecule has 3 aliphatic rings. The van der Waals surface area contributed by atoms with Crippen molar-refractivity contribution < 1.29 is 34.1 Å². The molecular weight excluding hydrogens is 636 g/mol. The number of likely N-dealkylation sites (tertiary alicyclic amines) is 1. The van der Waals surface area contributed by atoms with E-state index in [4.69, 9.17) is 9.84 Å². The minimum absolute atomic E-state index is 0. The first-order valence-corrected chi connectivity index (χ1v) is 17.1. The summed E-state index contributed by atoms with van der Waals surface area (Å²) in [6.07, 6.45) is 8.17. The van der Waals surface area contributed by atoms with Gasteiger partial charge in [-0.15, -0.1) is 12.4 Å². The maximum atomic E-state index is 13.9. The zero-order chi connectivity index (χ0) is 33.4. The van der Waals surface area contributed by atoms with Crippen LogP contribution in [-0.4, -0.2) is 87.6 Å². The third kappa shape index (κ3) is 8.86. The minimum atomic E-state index is -1.11. The van der Waals surface area contributed by atoms with Gasteiger partial charge in [-0.25, -0.2) is 0 Å². The van der Waals surface area contributed by atoms with Crippen LogP contribution >= 0.6 is 12.4 Å². The standard InChI is InChI=1S/C36H48N4O7.ClH/c1-2-3-7-20-40-34(45)31(32(43)26-8-5-4-6-9-26)38-35(46)36(40)18-21-39(22-19-36)24-25-10-14-28(15-11-25)47-29-16-12-27(13-17-29)33(44)37-23-30(41)42;/h10-17,26,31-32,43H,2-9,18-24H2,1H3,(H,37,44)(H,38,46)(H,41,42);1H/t31-,32-;/m1./s1. The third-order valence-corrected chi connectivity index (χ3v) is 9.98. The molecule has 2 heterocycles. The minimum Gasteiger partial charge on any atom is -0.480 e. The number of carbonyl (C=O) groups is 4. The number of hydrogen-bond donors (Lipinski definition) is 4. The van der Waals surface area contributed by atoms with Crippen LogP contribution in [0.2, 0.25) is 0 Å². The Morgan fingerprint density at radius 2 is 1.60 bits per heavy atom. The number of nitrogens with one attached hydrogen (secondary N) is 2. The Bertz CT molecular complexity index is 1390. The lowest BCUT2D eigenvalue weighted by Crippen LogP contribution is -2.75. The number of aliphatic carboxylic acids is 1. The van der Waals surface area contributed by atoms with Gasteiger partial charge in [0.1, 0.15) is 29.6 Å². The molecule has 2 saturated heterocycles. The predicted octanol–water partition coefficient (Wildman–Crippen LogP) is 4.51. The second kappa shape index (κ2) is 17.1. The second-order valence-electron chi connectivity index (χ2n) is 13.2. The number of aliphatic hydroxyl groups excluding tert-OH is 1. The summed E-state index contributed by atoms with van der Waals surface area (Å²) < 4.78 is 5.93. The summed E-state index contributed by atoms with van der Waals surface area (Å²) in [5.41, 5.74) is 0.556. The zero-order valence-electron chi connectivity index (χ0n) is 27.7. The molecule has 2 atom stereocenters. The number of ether oxygens (including phenoxy) is 1. The fraction of sp³-hybridized carbons (Fsp3) is 0.556. The van der Waals surface area contributed by atoms with Crippen LogP contribution in [0.15, 0.2) is 48.5 Å². The highest BCUT2D eigenvalue weighted by Crippen LogP contribution is 2.36. The molecule has 0 bridgehead atoms. The Hall–Kier alpha value is -3.67. The van der Waals surface area contributed by atoms with Crippen molar-refractivity contribution in [2.45, 2.75) is 95.4 Å². The lowest BCUT2D eigenvalue weighted by atomic mass is 9.78. The van der Waals surface area contributed by atoms with Gasteiger partial charge in [-0.3, -0.25) is 24.1 Å². The molecule has 1 saturated carbocycles. The average molecular weight is 685 g/mol. The molecule has 2 aromatic carbocycles. The quantitative estimate of drug-likeness (QED) is 0.225. The van der Waals surface area contributed by atoms with Crippen LogP contribution in [0.5, 0.6) is 11.5 Å². The monoisotopic (exact) mass is 684 g/mol. The summed E-state index contributed by atoms with van der Waals surface area (Å²) in [6, 6.07) is 13.4. The van der Waals surface area contributed by atoms with Crippen molar-refractivity contribution in [3.8, 4) is 11.5 Å². The van der Waals surface area contributed by atoms with Crippen LogP contribution in [0.4, 0.5) is 0 Å². The van der Waals surface area contributed by atoms with Crippen LogP contribution in [0.3, 0.4) is 0 Å². The fourth-order valence-electron chi connectivity index (χ4n) is 7.23. The SMILES string of the molecule is CCCCCN1C(=O)[C@@H]([C@H](O)C2CCCCC2)NC(=O)C12CCN(Cc1ccc(Oc3ccc(C(=O)NCC(=O)O)cc3)cc1)CC2.Cl. The highest BCUT2D eigenvalue weighted by atomic mass is 35.5. The molecule has 3 fully saturated rings. The van der Waals surface area contributed by atoms with Crippen LogP contribution in [-0.2, 0) is 20.9 Å². The number of piperidine rings is 1. The molecule has 262 valence electrons. The number of carbonyl (C=O) groups excluding carboxylic acids is 3. The molecule has 12 heteroatoms. The Morgan fingerprint density at radius 1 is 0.979 bits per heavy atom. The van der Waals surface area contributed by atoms with Gasteiger partial charge in [0.15, 0.2) is 0 Å². The number of carboxylic acid groups (broad SMARTS) is 1. The summed E-state index contributed by atoms with van der Waals surface area (Å²) in [6.45, 7) is 4.26. The smallest absolute Gasteiger partial charge is 0.322 e. The first-order valence-electron chi connectivity index (χ1n) is 17.1. The summed E-state index contributed by atoms with van der Waals surface area (Å²) in [4.78, 5) is 54.6. The molecule has 0 radical (unpaired) electrons. The Balaban J connectivity index is 0.00000520. The fourth-order valence-corrected chi connectivity index (χ4v) is 7.23. The number of aliphatic hydroxyl groups is 1. The molecule has 11 nitrogen and oxygen atoms in total. The topological polar surface area (TPSA) is 149 Å². The van der Waals surface area contributed by atoms with E-state index in [9.17, 15) is 24.3 Å². The van der Waals surface area contributed by atoms with Crippen molar-refractivity contribution in [3.05, 3.63) is 59.7 Å². The van der Waals surface area contributed by atoms with E-state index in [2.05, 4.69) is 22.5 Å². The molecule has 5 rings (SSSR count). The number of nitrogens with zero attached hydrogens (tertiary/aromatic N) is 2. The third-order valence-electron chi connectivity index (χ3n) is 9.98. The second-order valence-corrected chi connectivity index (χ2v) is 13.2. The van der Waals surface area contributed by atoms with Crippen molar-refractivity contribution in [1.29, 1.82) is 0 Å². The molecule has 48 heavy (non-hydrogen) atoms. The molecule has 3 amide bonds. The number of hydrogen-bond acceptors (Lipinski definition) is 7. The first-order chi connectivity index (χ1) is 22.7. The Kier molecular flexibility index (Phi) is 13.3. The number of rotatable bonds is 13. The lowest BCUT2D eigenvalue weighted by molar-refractivity contribution is -0.166. The first kappa shape index (κ1) is 37.2. The van der Waals surface area contributed by atoms with E-state index < -0.39 is 36.1 Å². The van der Waals surface area contributed by atoms with E-state index in [1.807, 2.05) is 29.2 Å². The highest BCUT2D eigenvalue weighted by Gasteiger charge is 2.55. The molecule has 4 N–H and O–H groups in total. The largest absolute Gasteiger partial charge is 0.480 e. The molecule has 0 aromatic heterocycles. The van der Waals surface area contributed by atoms with Gasteiger partial charge < -0.3 is 30.5 Å². The number of piperazine rings is 1. The van der Waals surface area contributed by atoms with E-state index >= 15 is 0 Å². The predicted molar refractivity (Wildman–Crippen MR) is 183 cm³/mol. The summed E-state index contributed by atoms with van der Waals surface area (Å²) in [5, 5.41) is 25.3. The van der Waals surface area contributed by atoms with Crippen LogP contribution in [0.25, 0.3) is 0 Å². The summed E-state index contributed by atoms with van der Waals surface area (Å²) >= 11 is 0. The van der Waals surface area contributed by atoms with Crippen molar-refractivity contribution in [1.82, 2.24) is 20.4 Å². The van der Waals surface area contributed by atoms with Gasteiger partial charge in [-0.1, -0.05) is 51.2 Å². The van der Waals surface area contributed by atoms with Crippen LogP contribution < -0.4 is 15.4 Å². The van der Waals surface area contributed by atoms with Gasteiger partial charge >= 0.3 is 5.97 Å². The van der Waals surface area contributed by atoms with Crippen LogP contribution in [0, 0.1) is 5.92 Å². The van der Waals surface area contributed by atoms with Crippen molar-refractivity contribution >= 4 is 36.1 Å². The highest BCUT2D eigenvalue weighted by molar-refractivity contribution is 6.00. The normalized spacial score (nSPS) is 20.5. The lowest BCUT2D eigenvalue weighted by Gasteiger charge is -2.52. The zero-order valence-corrected chi connectivity index (χ0v) is 28.5. The van der Waals surface area contributed by atoms with Gasteiger partial charge in [-0.2, -0.15) is 0 Å². The number of amides is 3. The Labute approximate surface area is 288 Å². The number of benzene rings is 2. The number of carboxylic acids is 1. The van der Waals surface area contributed by atoms with E-state index in [1.54, 1.807) is 24.3 Å². The number of halogens is 1. The van der Waals surface area contributed by atoms with Crippen molar-refractivity contribution in [2.75, 3.05) is 26.2 Å². The molecule has 1 aliphatic carbocycles. The van der Waals surface area contributed by atoms with Gasteiger partial charge in [0.05, 0.1) is 6.10 Å². The molecule has 1 spiro atoms. The summed E-state index contributed by atoms with van der Waals surface area (Å²) in [5.74, 6) is -0.589. The van der Waals surface area contributed by atoms with Gasteiger partial charge in [0, 0.05) is 31.7 Å². The maximum absolute atomic E-state index is 13.9. The number of unbranched alkanes of at least 4 members (excludes halogenated alkanes) is 2. The average Bonchev–Trinajstić information content (AvgIpc) is 3.09.